The number of ether oxygens (including phenoxy) is 1. The summed E-state index contributed by atoms with van der Waals surface area (Å²) in [5, 5.41) is 3.62. The fourth-order valence-corrected chi connectivity index (χ4v) is 3.54. The topological polar surface area (TPSA) is 58.6 Å². The van der Waals surface area contributed by atoms with Crippen molar-refractivity contribution in [2.45, 2.75) is 25.3 Å². The number of hydrogen-bond acceptors (Lipinski definition) is 3. The standard InChI is InChI=1S/C19H18Cl2N2O3/c1-11-9-14(18(24)26-2)13-5-3-4-6-17(13)23(11)19(25)22-12-7-8-15(20)16(21)10-12/h3-8,10-11,14H,9H2,1-2H3,(H,22,25). The molecule has 1 aliphatic rings. The third-order valence-electron chi connectivity index (χ3n) is 4.46. The molecule has 0 spiro atoms. The molecule has 2 atom stereocenters. The quantitative estimate of drug-likeness (QED) is 0.724. The molecule has 0 saturated carbocycles. The van der Waals surface area contributed by atoms with E-state index in [9.17, 15) is 9.59 Å². The molecule has 1 aliphatic heterocycles. The van der Waals surface area contributed by atoms with E-state index >= 15 is 0 Å². The second kappa shape index (κ2) is 7.56. The zero-order valence-corrected chi connectivity index (χ0v) is 15.8. The number of benzene rings is 2. The largest absolute Gasteiger partial charge is 0.469 e. The Hall–Kier alpha value is -2.24. The van der Waals surface area contributed by atoms with Crippen molar-refractivity contribution in [3.8, 4) is 0 Å². The molecule has 2 unspecified atom stereocenters. The van der Waals surface area contributed by atoms with Crippen LogP contribution in [0.4, 0.5) is 16.2 Å². The van der Waals surface area contributed by atoms with Crippen LogP contribution in [0.5, 0.6) is 0 Å². The van der Waals surface area contributed by atoms with Crippen molar-refractivity contribution in [2.24, 2.45) is 0 Å². The van der Waals surface area contributed by atoms with Crippen molar-refractivity contribution in [2.75, 3.05) is 17.3 Å². The average Bonchev–Trinajstić information content (AvgIpc) is 2.63. The number of fused-ring (bicyclic) bond motifs is 1. The number of carbonyl (C=O) groups is 2. The summed E-state index contributed by atoms with van der Waals surface area (Å²) in [7, 11) is 1.37. The highest BCUT2D eigenvalue weighted by Gasteiger charge is 2.37. The second-order valence-electron chi connectivity index (χ2n) is 6.15. The Balaban J connectivity index is 1.92. The molecule has 0 radical (unpaired) electrons. The van der Waals surface area contributed by atoms with Crippen molar-refractivity contribution in [3.05, 3.63) is 58.1 Å². The van der Waals surface area contributed by atoms with Crippen molar-refractivity contribution >= 4 is 46.6 Å². The summed E-state index contributed by atoms with van der Waals surface area (Å²) in [6.45, 7) is 1.90. The molecule has 2 amide bonds. The number of para-hydroxylation sites is 1. The normalized spacial score (nSPS) is 18.8. The summed E-state index contributed by atoms with van der Waals surface area (Å²) >= 11 is 11.9. The fourth-order valence-electron chi connectivity index (χ4n) is 3.25. The summed E-state index contributed by atoms with van der Waals surface area (Å²) < 4.78 is 4.93. The lowest BCUT2D eigenvalue weighted by Gasteiger charge is -2.38. The molecule has 7 heteroatoms. The molecule has 1 heterocycles. The summed E-state index contributed by atoms with van der Waals surface area (Å²) in [6, 6.07) is 11.8. The minimum atomic E-state index is -0.389. The van der Waals surface area contributed by atoms with Gasteiger partial charge in [0.15, 0.2) is 0 Å². The number of carbonyl (C=O) groups excluding carboxylic acids is 2. The molecule has 2 aromatic carbocycles. The summed E-state index contributed by atoms with van der Waals surface area (Å²) in [5.41, 5.74) is 2.02. The number of methoxy groups -OCH3 is 1. The Kier molecular flexibility index (Phi) is 5.39. The third-order valence-corrected chi connectivity index (χ3v) is 5.20. The Morgan fingerprint density at radius 3 is 2.58 bits per heavy atom. The second-order valence-corrected chi connectivity index (χ2v) is 6.96. The number of amides is 2. The van der Waals surface area contributed by atoms with Gasteiger partial charge in [0.1, 0.15) is 0 Å². The van der Waals surface area contributed by atoms with Crippen LogP contribution in [-0.4, -0.2) is 25.2 Å². The van der Waals surface area contributed by atoms with Gasteiger partial charge in [-0.2, -0.15) is 0 Å². The number of nitrogens with zero attached hydrogens (tertiary/aromatic N) is 1. The van der Waals surface area contributed by atoms with Crippen LogP contribution in [0.15, 0.2) is 42.5 Å². The van der Waals surface area contributed by atoms with Gasteiger partial charge in [0.25, 0.3) is 0 Å². The minimum absolute atomic E-state index is 0.184. The molecular weight excluding hydrogens is 375 g/mol. The van der Waals surface area contributed by atoms with Gasteiger partial charge in [-0.15, -0.1) is 0 Å². The summed E-state index contributed by atoms with van der Waals surface area (Å²) in [6.07, 6.45) is 0.485. The first kappa shape index (κ1) is 18.5. The SMILES string of the molecule is COC(=O)C1CC(C)N(C(=O)Nc2ccc(Cl)c(Cl)c2)c2ccccc21. The Morgan fingerprint density at radius 2 is 1.88 bits per heavy atom. The van der Waals surface area contributed by atoms with Crippen LogP contribution in [0, 0.1) is 0 Å². The lowest BCUT2D eigenvalue weighted by molar-refractivity contribution is -0.142. The van der Waals surface area contributed by atoms with E-state index in [2.05, 4.69) is 5.32 Å². The lowest BCUT2D eigenvalue weighted by atomic mass is 9.86. The molecule has 0 aliphatic carbocycles. The van der Waals surface area contributed by atoms with E-state index in [1.54, 1.807) is 23.1 Å². The molecule has 3 rings (SSSR count). The van der Waals surface area contributed by atoms with Crippen LogP contribution < -0.4 is 10.2 Å². The first-order valence-electron chi connectivity index (χ1n) is 8.14. The highest BCUT2D eigenvalue weighted by molar-refractivity contribution is 6.42. The van der Waals surface area contributed by atoms with E-state index in [1.807, 2.05) is 31.2 Å². The molecule has 2 aromatic rings. The number of halogens is 2. The van der Waals surface area contributed by atoms with Gasteiger partial charge < -0.3 is 10.1 Å². The monoisotopic (exact) mass is 392 g/mol. The van der Waals surface area contributed by atoms with Crippen LogP contribution in [0.2, 0.25) is 10.0 Å². The minimum Gasteiger partial charge on any atom is -0.469 e. The Bertz CT molecular complexity index is 856. The van der Waals surface area contributed by atoms with Gasteiger partial charge in [-0.05, 0) is 43.2 Å². The molecule has 26 heavy (non-hydrogen) atoms. The smallest absolute Gasteiger partial charge is 0.326 e. The molecule has 0 bridgehead atoms. The third kappa shape index (κ3) is 3.50. The van der Waals surface area contributed by atoms with Crippen molar-refractivity contribution < 1.29 is 14.3 Å². The highest BCUT2D eigenvalue weighted by atomic mass is 35.5. The fraction of sp³-hybridized carbons (Fsp3) is 0.263. The van der Waals surface area contributed by atoms with E-state index in [1.165, 1.54) is 7.11 Å². The molecule has 0 fully saturated rings. The molecular formula is C19H18Cl2N2O3. The lowest BCUT2D eigenvalue weighted by Crippen LogP contribution is -2.46. The van der Waals surface area contributed by atoms with E-state index in [4.69, 9.17) is 27.9 Å². The van der Waals surface area contributed by atoms with Crippen LogP contribution >= 0.6 is 23.2 Å². The predicted octanol–water partition coefficient (Wildman–Crippen LogP) is 5.08. The van der Waals surface area contributed by atoms with E-state index in [0.717, 1.165) is 5.56 Å². The maximum atomic E-state index is 12.9. The van der Waals surface area contributed by atoms with E-state index < -0.39 is 0 Å². The zero-order chi connectivity index (χ0) is 18.8. The number of nitrogens with one attached hydrogen (secondary N) is 1. The van der Waals surface area contributed by atoms with Crippen LogP contribution in [-0.2, 0) is 9.53 Å². The maximum absolute atomic E-state index is 12.9. The predicted molar refractivity (Wildman–Crippen MR) is 103 cm³/mol. The number of esters is 1. The molecule has 0 aromatic heterocycles. The van der Waals surface area contributed by atoms with Gasteiger partial charge in [0, 0.05) is 17.4 Å². The number of rotatable bonds is 2. The number of hydrogen-bond donors (Lipinski definition) is 1. The Morgan fingerprint density at radius 1 is 1.15 bits per heavy atom. The van der Waals surface area contributed by atoms with Gasteiger partial charge >= 0.3 is 12.0 Å². The Labute approximate surface area is 161 Å². The van der Waals surface area contributed by atoms with Gasteiger partial charge in [-0.3, -0.25) is 9.69 Å². The zero-order valence-electron chi connectivity index (χ0n) is 14.3. The van der Waals surface area contributed by atoms with Gasteiger partial charge in [-0.25, -0.2) is 4.79 Å². The highest BCUT2D eigenvalue weighted by Crippen LogP contribution is 2.39. The number of anilines is 2. The van der Waals surface area contributed by atoms with Crippen molar-refractivity contribution in [3.63, 3.8) is 0 Å². The summed E-state index contributed by atoms with van der Waals surface area (Å²) in [4.78, 5) is 26.7. The first-order chi connectivity index (χ1) is 12.4. The van der Waals surface area contributed by atoms with Crippen molar-refractivity contribution in [1.29, 1.82) is 0 Å². The van der Waals surface area contributed by atoms with E-state index in [-0.39, 0.29) is 24.0 Å². The maximum Gasteiger partial charge on any atom is 0.326 e. The van der Waals surface area contributed by atoms with Crippen LogP contribution in [0.1, 0.15) is 24.8 Å². The molecule has 0 saturated heterocycles. The summed E-state index contributed by atoms with van der Waals surface area (Å²) in [5.74, 6) is -0.686. The van der Waals surface area contributed by atoms with Gasteiger partial charge in [-0.1, -0.05) is 41.4 Å². The van der Waals surface area contributed by atoms with Crippen LogP contribution in [0.3, 0.4) is 0 Å². The molecule has 136 valence electrons. The average molecular weight is 393 g/mol. The number of urea groups is 1. The van der Waals surface area contributed by atoms with Gasteiger partial charge in [0.05, 0.1) is 23.1 Å². The van der Waals surface area contributed by atoms with Crippen LogP contribution in [0.25, 0.3) is 0 Å². The van der Waals surface area contributed by atoms with E-state index in [0.29, 0.717) is 27.8 Å². The first-order valence-corrected chi connectivity index (χ1v) is 8.90. The molecule has 1 N–H and O–H groups in total. The molecule has 5 nitrogen and oxygen atoms in total. The van der Waals surface area contributed by atoms with Crippen molar-refractivity contribution in [1.82, 2.24) is 0 Å². The van der Waals surface area contributed by atoms with Gasteiger partial charge in [0.2, 0.25) is 0 Å².